The second-order valence-corrected chi connectivity index (χ2v) is 5.90. The number of carboxylic acid groups (broad SMARTS) is 1. The number of benzene rings is 1. The first-order chi connectivity index (χ1) is 9.90. The molecular weight excluding hydrogens is 300 g/mol. The molecule has 2 aromatic rings. The number of nitrogens with zero attached hydrogens (tertiary/aromatic N) is 1. The molecular formula is C14H11F2NO3S. The zero-order valence-corrected chi connectivity index (χ0v) is 11.6. The van der Waals surface area contributed by atoms with E-state index in [4.69, 9.17) is 5.11 Å². The number of aliphatic hydroxyl groups is 1. The van der Waals surface area contributed by atoms with Gasteiger partial charge in [0.05, 0.1) is 11.2 Å². The molecule has 1 heterocycles. The standard InChI is InChI=1S/C14H11F2NO3S/c15-8-4-7(14(20)2-1-3-14)5-9(16)11(8)12-17-10(6-21-12)13(18)19/h4-6,20H,1-3H2,(H,18,19). The highest BCUT2D eigenvalue weighted by molar-refractivity contribution is 7.13. The molecule has 1 aliphatic carbocycles. The predicted octanol–water partition coefficient (Wildman–Crippen LogP) is 3.16. The quantitative estimate of drug-likeness (QED) is 0.913. The van der Waals surface area contributed by atoms with E-state index in [0.717, 1.165) is 29.9 Å². The number of rotatable bonds is 3. The minimum atomic E-state index is -1.25. The van der Waals surface area contributed by atoms with E-state index in [2.05, 4.69) is 4.98 Å². The normalized spacial score (nSPS) is 16.5. The largest absolute Gasteiger partial charge is 0.476 e. The Labute approximate surface area is 122 Å². The fourth-order valence-corrected chi connectivity index (χ4v) is 3.17. The predicted molar refractivity (Wildman–Crippen MR) is 72.2 cm³/mol. The molecule has 0 atom stereocenters. The zero-order chi connectivity index (χ0) is 15.2. The van der Waals surface area contributed by atoms with Gasteiger partial charge in [0.2, 0.25) is 0 Å². The Morgan fingerprint density at radius 3 is 2.33 bits per heavy atom. The van der Waals surface area contributed by atoms with Crippen LogP contribution in [0.4, 0.5) is 8.78 Å². The Balaban J connectivity index is 2.05. The van der Waals surface area contributed by atoms with Gasteiger partial charge < -0.3 is 10.2 Å². The Bertz CT molecular complexity index is 702. The smallest absolute Gasteiger partial charge is 0.355 e. The van der Waals surface area contributed by atoms with Crippen LogP contribution in [0.5, 0.6) is 0 Å². The van der Waals surface area contributed by atoms with Crippen LogP contribution in [0.1, 0.15) is 35.3 Å². The Morgan fingerprint density at radius 1 is 1.29 bits per heavy atom. The monoisotopic (exact) mass is 311 g/mol. The molecule has 7 heteroatoms. The maximum absolute atomic E-state index is 14.2. The first-order valence-corrected chi connectivity index (χ1v) is 7.20. The van der Waals surface area contributed by atoms with Crippen molar-refractivity contribution in [3.63, 3.8) is 0 Å². The molecule has 0 amide bonds. The van der Waals surface area contributed by atoms with Crippen LogP contribution >= 0.6 is 11.3 Å². The van der Waals surface area contributed by atoms with Crippen molar-refractivity contribution in [2.75, 3.05) is 0 Å². The van der Waals surface area contributed by atoms with Crippen LogP contribution in [0.15, 0.2) is 17.5 Å². The van der Waals surface area contributed by atoms with Gasteiger partial charge in [-0.15, -0.1) is 11.3 Å². The fraction of sp³-hybridized carbons (Fsp3) is 0.286. The molecule has 21 heavy (non-hydrogen) atoms. The van der Waals surface area contributed by atoms with Crippen LogP contribution in [-0.2, 0) is 5.60 Å². The first kappa shape index (κ1) is 14.1. The lowest BCUT2D eigenvalue weighted by molar-refractivity contribution is -0.0392. The van der Waals surface area contributed by atoms with E-state index in [1.807, 2.05) is 0 Å². The van der Waals surface area contributed by atoms with E-state index < -0.39 is 23.2 Å². The number of thiazole rings is 1. The lowest BCUT2D eigenvalue weighted by Gasteiger charge is -2.37. The summed E-state index contributed by atoms with van der Waals surface area (Å²) in [7, 11) is 0. The Hall–Kier alpha value is -1.86. The zero-order valence-electron chi connectivity index (χ0n) is 10.8. The molecule has 0 unspecified atom stereocenters. The number of aromatic carboxylic acids is 1. The van der Waals surface area contributed by atoms with Crippen LogP contribution in [0, 0.1) is 11.6 Å². The lowest BCUT2D eigenvalue weighted by Crippen LogP contribution is -2.33. The molecule has 0 saturated heterocycles. The van der Waals surface area contributed by atoms with Crippen LogP contribution in [0.25, 0.3) is 10.6 Å². The van der Waals surface area contributed by atoms with Crippen LogP contribution < -0.4 is 0 Å². The maximum atomic E-state index is 14.2. The summed E-state index contributed by atoms with van der Waals surface area (Å²) in [6, 6.07) is 2.19. The molecule has 0 bridgehead atoms. The van der Waals surface area contributed by atoms with Gasteiger partial charge in [-0.25, -0.2) is 18.6 Å². The topological polar surface area (TPSA) is 70.4 Å². The van der Waals surface area contributed by atoms with Crippen molar-refractivity contribution in [3.8, 4) is 10.6 Å². The number of hydrogen-bond acceptors (Lipinski definition) is 4. The summed E-state index contributed by atoms with van der Waals surface area (Å²) in [5.74, 6) is -2.95. The van der Waals surface area contributed by atoms with Crippen molar-refractivity contribution in [1.29, 1.82) is 0 Å². The van der Waals surface area contributed by atoms with Gasteiger partial charge >= 0.3 is 5.97 Å². The molecule has 1 aromatic heterocycles. The molecule has 1 saturated carbocycles. The second-order valence-electron chi connectivity index (χ2n) is 5.04. The van der Waals surface area contributed by atoms with Crippen molar-refractivity contribution < 1.29 is 23.8 Å². The number of aromatic nitrogens is 1. The summed E-state index contributed by atoms with van der Waals surface area (Å²) < 4.78 is 28.3. The molecule has 1 aromatic carbocycles. The van der Waals surface area contributed by atoms with E-state index in [9.17, 15) is 18.7 Å². The van der Waals surface area contributed by atoms with Crippen molar-refractivity contribution in [1.82, 2.24) is 4.98 Å². The molecule has 2 N–H and O–H groups in total. The third-order valence-corrected chi connectivity index (χ3v) is 4.56. The summed E-state index contributed by atoms with van der Waals surface area (Å²) in [5.41, 5.74) is -1.56. The molecule has 0 aliphatic heterocycles. The highest BCUT2D eigenvalue weighted by atomic mass is 32.1. The molecule has 110 valence electrons. The van der Waals surface area contributed by atoms with Gasteiger partial charge in [-0.05, 0) is 37.0 Å². The van der Waals surface area contributed by atoms with Crippen molar-refractivity contribution in [2.24, 2.45) is 0 Å². The number of carboxylic acids is 1. The minimum Gasteiger partial charge on any atom is -0.476 e. The van der Waals surface area contributed by atoms with Crippen LogP contribution in [0.3, 0.4) is 0 Å². The maximum Gasteiger partial charge on any atom is 0.355 e. The van der Waals surface area contributed by atoms with Gasteiger partial charge in [0, 0.05) is 5.38 Å². The van der Waals surface area contributed by atoms with Gasteiger partial charge in [-0.2, -0.15) is 0 Å². The van der Waals surface area contributed by atoms with Crippen molar-refractivity contribution in [3.05, 3.63) is 40.4 Å². The van der Waals surface area contributed by atoms with Crippen molar-refractivity contribution >= 4 is 17.3 Å². The number of carbonyl (C=O) groups is 1. The van der Waals surface area contributed by atoms with Crippen molar-refractivity contribution in [2.45, 2.75) is 24.9 Å². The summed E-state index contributed by atoms with van der Waals surface area (Å²) >= 11 is 0.858. The molecule has 0 radical (unpaired) electrons. The van der Waals surface area contributed by atoms with E-state index >= 15 is 0 Å². The summed E-state index contributed by atoms with van der Waals surface area (Å²) in [5, 5.41) is 20.1. The highest BCUT2D eigenvalue weighted by Crippen LogP contribution is 2.42. The van der Waals surface area contributed by atoms with Gasteiger partial charge in [-0.3, -0.25) is 0 Å². The summed E-state index contributed by atoms with van der Waals surface area (Å²) in [6.45, 7) is 0. The van der Waals surface area contributed by atoms with E-state index in [-0.39, 0.29) is 21.8 Å². The minimum absolute atomic E-state index is 0.0328. The Kier molecular flexibility index (Phi) is 3.26. The van der Waals surface area contributed by atoms with E-state index in [1.165, 1.54) is 5.38 Å². The fourth-order valence-electron chi connectivity index (χ4n) is 2.33. The van der Waals surface area contributed by atoms with E-state index in [1.54, 1.807) is 0 Å². The highest BCUT2D eigenvalue weighted by Gasteiger charge is 2.37. The average molecular weight is 311 g/mol. The third-order valence-electron chi connectivity index (χ3n) is 3.70. The summed E-state index contributed by atoms with van der Waals surface area (Å²) in [6.07, 6.45) is 1.77. The molecule has 1 fully saturated rings. The van der Waals surface area contributed by atoms with Gasteiger partial charge in [0.15, 0.2) is 5.69 Å². The number of hydrogen-bond donors (Lipinski definition) is 2. The average Bonchev–Trinajstić information content (AvgIpc) is 2.84. The molecule has 3 rings (SSSR count). The first-order valence-electron chi connectivity index (χ1n) is 6.32. The SMILES string of the molecule is O=C(O)c1csc(-c2c(F)cc(C3(O)CCC3)cc2F)n1. The van der Waals surface area contributed by atoms with Crippen LogP contribution in [-0.4, -0.2) is 21.2 Å². The van der Waals surface area contributed by atoms with Gasteiger partial charge in [-0.1, -0.05) is 0 Å². The second kappa shape index (κ2) is 4.85. The van der Waals surface area contributed by atoms with E-state index in [0.29, 0.717) is 12.8 Å². The summed E-state index contributed by atoms with van der Waals surface area (Å²) in [4.78, 5) is 14.5. The van der Waals surface area contributed by atoms with Gasteiger partial charge in [0.25, 0.3) is 0 Å². The Morgan fingerprint density at radius 2 is 1.90 bits per heavy atom. The number of halogens is 2. The van der Waals surface area contributed by atoms with Gasteiger partial charge in [0.1, 0.15) is 16.6 Å². The molecule has 0 spiro atoms. The third kappa shape index (κ3) is 2.32. The molecule has 1 aliphatic rings. The van der Waals surface area contributed by atoms with Crippen LogP contribution in [0.2, 0.25) is 0 Å². The lowest BCUT2D eigenvalue weighted by atomic mass is 9.75. The molecule has 4 nitrogen and oxygen atoms in total.